The van der Waals surface area contributed by atoms with Gasteiger partial charge in [0, 0.05) is 30.3 Å². The number of aliphatic hydroxyl groups excluding tert-OH is 4. The summed E-state index contributed by atoms with van der Waals surface area (Å²) in [6, 6.07) is 0. The Morgan fingerprint density at radius 2 is 1.30 bits per heavy atom. The van der Waals surface area contributed by atoms with E-state index in [1.807, 2.05) is 13.0 Å². The van der Waals surface area contributed by atoms with Crippen molar-refractivity contribution in [3.63, 3.8) is 0 Å². The summed E-state index contributed by atoms with van der Waals surface area (Å²) in [4.78, 5) is 12.6. The Bertz CT molecular complexity index is 1370. The van der Waals surface area contributed by atoms with Crippen LogP contribution in [0.2, 0.25) is 0 Å². The van der Waals surface area contributed by atoms with Crippen LogP contribution >= 0.6 is 0 Å². The number of hydrogen-bond acceptors (Lipinski definition) is 13. The number of carbonyl (C=O) groups excluding carboxylic acids is 1. The molecule has 3 saturated heterocycles. The Balaban J connectivity index is 0.827. The predicted molar refractivity (Wildman–Crippen MR) is 191 cm³/mol. The van der Waals surface area contributed by atoms with E-state index < -0.39 is 79.4 Å². The number of esters is 1. The van der Waals surface area contributed by atoms with Crippen molar-refractivity contribution in [2.45, 2.75) is 197 Å². The standard InChI is InChI=1S/C41H64O13/c1-20-35(45)29(42)17-33(49-20)53-37-22(3)51-34(19-31(37)44)54-36-21(2)50-32(18-30(36)43)52-24-8-12-39(4)23(16-24)6-7-28-27(39)9-13-40(5)26(10-14-41(28,40)47)25-11-15-48-38(25)46/h11,20-24,26-37,42-45,47H,6-10,12-19H2,1-5H3/t20-,21-,22+,23+,24-,26+,27?,28?,29+,30+,31-,32?,33+,34-,35-,36-,37+,39-,40+,41-/m0/s1. The van der Waals surface area contributed by atoms with Gasteiger partial charge in [0.05, 0.1) is 48.3 Å². The van der Waals surface area contributed by atoms with Gasteiger partial charge >= 0.3 is 5.97 Å². The first kappa shape index (κ1) is 39.6. The Kier molecular flexibility index (Phi) is 10.9. The minimum atomic E-state index is -0.996. The summed E-state index contributed by atoms with van der Waals surface area (Å²) in [6.07, 6.45) is 1.90. The van der Waals surface area contributed by atoms with Gasteiger partial charge in [-0.15, -0.1) is 0 Å². The number of ether oxygens (including phenoxy) is 7. The van der Waals surface area contributed by atoms with Crippen LogP contribution in [-0.2, 0) is 38.0 Å². The van der Waals surface area contributed by atoms with Gasteiger partial charge in [-0.3, -0.25) is 0 Å². The molecule has 4 aliphatic carbocycles. The van der Waals surface area contributed by atoms with Crippen molar-refractivity contribution >= 4 is 5.97 Å². The molecular weight excluding hydrogens is 700 g/mol. The fourth-order valence-corrected chi connectivity index (χ4v) is 12.8. The van der Waals surface area contributed by atoms with Crippen LogP contribution in [0, 0.1) is 34.5 Å². The van der Waals surface area contributed by atoms with E-state index in [-0.39, 0.29) is 54.0 Å². The molecule has 13 nitrogen and oxygen atoms in total. The molecule has 5 N–H and O–H groups in total. The van der Waals surface area contributed by atoms with E-state index in [1.165, 1.54) is 0 Å². The lowest BCUT2D eigenvalue weighted by molar-refractivity contribution is -0.336. The van der Waals surface area contributed by atoms with Crippen LogP contribution in [0.25, 0.3) is 0 Å². The lowest BCUT2D eigenvalue weighted by atomic mass is 9.43. The quantitative estimate of drug-likeness (QED) is 0.188. The van der Waals surface area contributed by atoms with E-state index in [2.05, 4.69) is 13.8 Å². The molecule has 20 atom stereocenters. The molecule has 0 amide bonds. The summed E-state index contributed by atoms with van der Waals surface area (Å²) in [5, 5.41) is 55.0. The summed E-state index contributed by atoms with van der Waals surface area (Å²) >= 11 is 0. The maximum Gasteiger partial charge on any atom is 0.334 e. The van der Waals surface area contributed by atoms with Gasteiger partial charge in [-0.25, -0.2) is 4.79 Å². The summed E-state index contributed by atoms with van der Waals surface area (Å²) in [5.74, 6) is 0.991. The zero-order chi connectivity index (χ0) is 38.3. The molecule has 54 heavy (non-hydrogen) atoms. The second-order valence-corrected chi connectivity index (χ2v) is 18.7. The number of rotatable bonds is 7. The molecule has 0 aromatic rings. The van der Waals surface area contributed by atoms with Crippen LogP contribution in [-0.4, -0.2) is 124 Å². The van der Waals surface area contributed by atoms with Crippen molar-refractivity contribution in [1.82, 2.24) is 0 Å². The van der Waals surface area contributed by atoms with Crippen molar-refractivity contribution in [2.75, 3.05) is 6.61 Å². The molecule has 4 heterocycles. The molecular formula is C41H64O13. The topological polar surface area (TPSA) is 183 Å². The smallest absolute Gasteiger partial charge is 0.334 e. The molecule has 0 spiro atoms. The van der Waals surface area contributed by atoms with Crippen molar-refractivity contribution in [2.24, 2.45) is 34.5 Å². The lowest BCUT2D eigenvalue weighted by Crippen LogP contribution is -2.62. The fraction of sp³-hybridized carbons (Fsp3) is 0.927. The zero-order valence-electron chi connectivity index (χ0n) is 32.6. The minimum absolute atomic E-state index is 0.0183. The highest BCUT2D eigenvalue weighted by atomic mass is 16.7. The first-order valence-electron chi connectivity index (χ1n) is 20.9. The van der Waals surface area contributed by atoms with Crippen LogP contribution in [0.1, 0.15) is 112 Å². The highest BCUT2D eigenvalue weighted by molar-refractivity contribution is 5.91. The fourth-order valence-electron chi connectivity index (χ4n) is 12.8. The second kappa shape index (κ2) is 14.9. The maximum atomic E-state index is 12.6. The summed E-state index contributed by atoms with van der Waals surface area (Å²) in [7, 11) is 0. The van der Waals surface area contributed by atoms with Crippen molar-refractivity contribution in [1.29, 1.82) is 0 Å². The second-order valence-electron chi connectivity index (χ2n) is 18.7. The average Bonchev–Trinajstić information content (AvgIpc) is 3.65. The van der Waals surface area contributed by atoms with Crippen molar-refractivity contribution in [3.8, 4) is 0 Å². The minimum Gasteiger partial charge on any atom is -0.458 e. The number of cyclic esters (lactones) is 1. The summed E-state index contributed by atoms with van der Waals surface area (Å²) in [6.45, 7) is 10.3. The molecule has 3 unspecified atom stereocenters. The molecule has 4 aliphatic heterocycles. The Labute approximate surface area is 319 Å². The monoisotopic (exact) mass is 764 g/mol. The molecule has 4 saturated carbocycles. The predicted octanol–water partition coefficient (Wildman–Crippen LogP) is 3.25. The van der Waals surface area contributed by atoms with Crippen LogP contribution in [0.4, 0.5) is 0 Å². The van der Waals surface area contributed by atoms with Crippen LogP contribution < -0.4 is 0 Å². The van der Waals surface area contributed by atoms with E-state index in [0.717, 1.165) is 63.4 Å². The molecule has 0 aromatic carbocycles. The van der Waals surface area contributed by atoms with E-state index in [1.54, 1.807) is 13.8 Å². The van der Waals surface area contributed by atoms with Gasteiger partial charge in [-0.05, 0) is 114 Å². The molecule has 8 aliphatic rings. The maximum absolute atomic E-state index is 12.6. The molecule has 0 radical (unpaired) electrons. The third-order valence-corrected chi connectivity index (χ3v) is 15.9. The van der Waals surface area contributed by atoms with E-state index >= 15 is 0 Å². The summed E-state index contributed by atoms with van der Waals surface area (Å²) < 4.78 is 42.2. The molecule has 13 heteroatoms. The van der Waals surface area contributed by atoms with E-state index in [4.69, 9.17) is 33.2 Å². The van der Waals surface area contributed by atoms with Gasteiger partial charge < -0.3 is 58.7 Å². The largest absolute Gasteiger partial charge is 0.458 e. The Morgan fingerprint density at radius 1 is 0.685 bits per heavy atom. The third kappa shape index (κ3) is 6.72. The van der Waals surface area contributed by atoms with Crippen molar-refractivity contribution in [3.05, 3.63) is 11.6 Å². The van der Waals surface area contributed by atoms with Gasteiger partial charge in [-0.2, -0.15) is 0 Å². The molecule has 0 bridgehead atoms. The van der Waals surface area contributed by atoms with Gasteiger partial charge in [0.1, 0.15) is 24.9 Å². The van der Waals surface area contributed by atoms with Crippen LogP contribution in [0.15, 0.2) is 11.6 Å². The van der Waals surface area contributed by atoms with Gasteiger partial charge in [0.2, 0.25) is 0 Å². The Morgan fingerprint density at radius 3 is 1.89 bits per heavy atom. The molecule has 8 rings (SSSR count). The van der Waals surface area contributed by atoms with Crippen LogP contribution in [0.3, 0.4) is 0 Å². The summed E-state index contributed by atoms with van der Waals surface area (Å²) in [5.41, 5.74) is -0.200. The van der Waals surface area contributed by atoms with Gasteiger partial charge in [-0.1, -0.05) is 13.8 Å². The number of carbonyl (C=O) groups is 1. The molecule has 306 valence electrons. The zero-order valence-corrected chi connectivity index (χ0v) is 32.6. The average molecular weight is 765 g/mol. The first-order valence-corrected chi connectivity index (χ1v) is 20.9. The van der Waals surface area contributed by atoms with Gasteiger partial charge in [0.25, 0.3) is 0 Å². The first-order chi connectivity index (χ1) is 25.6. The van der Waals surface area contributed by atoms with E-state index in [9.17, 15) is 30.3 Å². The number of hydrogen-bond donors (Lipinski definition) is 5. The highest BCUT2D eigenvalue weighted by Crippen LogP contribution is 2.70. The molecule has 0 aromatic heterocycles. The third-order valence-electron chi connectivity index (χ3n) is 15.9. The van der Waals surface area contributed by atoms with Crippen LogP contribution in [0.5, 0.6) is 0 Å². The molecule has 7 fully saturated rings. The highest BCUT2D eigenvalue weighted by Gasteiger charge is 2.68. The normalized spacial score (nSPS) is 55.0. The van der Waals surface area contributed by atoms with E-state index in [0.29, 0.717) is 18.4 Å². The SMILES string of the molecule is C[C@@H]1O[C@H](O[C@H]2[C@@H](O)C[C@H](O[C@@H]3[C@H](O)CC(O[C@H]4CC[C@]5(C)C6CC[C@]7(C)[C@@H](C8=CCOC8=O)CC[C@]7(O)C6CC[C@@H]5C4)O[C@H]3C)O[C@@H]2C)C[C@@H](O)[C@H]1O. The van der Waals surface area contributed by atoms with Gasteiger partial charge in [0.15, 0.2) is 18.9 Å². The lowest BCUT2D eigenvalue weighted by Gasteiger charge is -2.63. The number of fused-ring (bicyclic) bond motifs is 5. The number of aliphatic hydroxyl groups is 5. The van der Waals surface area contributed by atoms with Crippen molar-refractivity contribution < 1.29 is 63.5 Å². The Hall–Kier alpha value is -1.23.